The monoisotopic (exact) mass is 273 g/mol. The van der Waals surface area contributed by atoms with Crippen LogP contribution < -0.4 is 16.8 Å². The third-order valence-corrected chi connectivity index (χ3v) is 3.74. The molecule has 0 aromatic heterocycles. The molecule has 3 rings (SSSR count). The van der Waals surface area contributed by atoms with Crippen LogP contribution in [0.4, 0.5) is 5.69 Å². The van der Waals surface area contributed by atoms with Gasteiger partial charge in [0.15, 0.2) is 11.5 Å². The van der Waals surface area contributed by atoms with Gasteiger partial charge in [-0.3, -0.25) is 4.99 Å². The van der Waals surface area contributed by atoms with Gasteiger partial charge in [-0.15, -0.1) is 0 Å². The molecule has 1 heterocycles. The second-order valence-corrected chi connectivity index (χ2v) is 5.04. The van der Waals surface area contributed by atoms with Gasteiger partial charge in [-0.05, 0) is 17.7 Å². The van der Waals surface area contributed by atoms with E-state index in [1.165, 1.54) is 0 Å². The molecule has 0 saturated carbocycles. The molecule has 1 aliphatic heterocycles. The summed E-state index contributed by atoms with van der Waals surface area (Å²) in [5.74, 6) is 0.540. The molecule has 2 aliphatic rings. The van der Waals surface area contributed by atoms with Crippen molar-refractivity contribution in [1.29, 1.82) is 0 Å². The highest BCUT2D eigenvalue weighted by Crippen LogP contribution is 2.35. The van der Waals surface area contributed by atoms with Crippen LogP contribution >= 0.6 is 0 Å². The summed E-state index contributed by atoms with van der Waals surface area (Å²) in [6.45, 7) is 0. The molecule has 0 radical (unpaired) electrons. The summed E-state index contributed by atoms with van der Waals surface area (Å²) in [5, 5.41) is 22.0. The summed E-state index contributed by atoms with van der Waals surface area (Å²) in [4.78, 5) is 4.43. The van der Waals surface area contributed by atoms with E-state index in [0.29, 0.717) is 17.9 Å². The summed E-state index contributed by atoms with van der Waals surface area (Å²) >= 11 is 0. The van der Waals surface area contributed by atoms with E-state index in [9.17, 15) is 10.2 Å². The number of hydrogen-bond acceptors (Lipinski definition) is 5. The summed E-state index contributed by atoms with van der Waals surface area (Å²) in [5.41, 5.74) is 12.4. The normalized spacial score (nSPS) is 24.9. The third-order valence-electron chi connectivity index (χ3n) is 3.74. The van der Waals surface area contributed by atoms with Gasteiger partial charge in [0.1, 0.15) is 5.75 Å². The van der Waals surface area contributed by atoms with Crippen molar-refractivity contribution in [3.05, 3.63) is 47.1 Å². The first-order chi connectivity index (χ1) is 9.56. The fourth-order valence-corrected chi connectivity index (χ4v) is 2.36. The molecule has 2 atom stereocenters. The van der Waals surface area contributed by atoms with Crippen molar-refractivity contribution in [2.45, 2.75) is 12.5 Å². The lowest BCUT2D eigenvalue weighted by atomic mass is 9.86. The van der Waals surface area contributed by atoms with Crippen LogP contribution in [-0.2, 0) is 0 Å². The van der Waals surface area contributed by atoms with Gasteiger partial charge in [-0.2, -0.15) is 0 Å². The molecule has 0 spiro atoms. The number of nitrogen functional groups attached to an aromatic ring is 1. The molecule has 0 amide bonds. The predicted octanol–water partition coefficient (Wildman–Crippen LogP) is 0.562. The van der Waals surface area contributed by atoms with Crippen molar-refractivity contribution in [2.75, 3.05) is 5.73 Å². The predicted molar refractivity (Wildman–Crippen MR) is 75.6 cm³/mol. The number of hydrogen-bond donors (Lipinski definition) is 5. The zero-order chi connectivity index (χ0) is 14.3. The number of benzene rings is 1. The number of allylic oxidation sites excluding steroid dienone is 1. The van der Waals surface area contributed by atoms with Crippen LogP contribution in [0.3, 0.4) is 0 Å². The van der Waals surface area contributed by atoms with E-state index in [1.807, 2.05) is 6.20 Å². The second-order valence-electron chi connectivity index (χ2n) is 5.04. The van der Waals surface area contributed by atoms with Gasteiger partial charge >= 0.3 is 0 Å². The van der Waals surface area contributed by atoms with Crippen LogP contribution in [0.15, 0.2) is 46.5 Å². The van der Waals surface area contributed by atoms with Crippen molar-refractivity contribution in [1.82, 2.24) is 5.32 Å². The summed E-state index contributed by atoms with van der Waals surface area (Å²) in [6, 6.07) is 5.02. The van der Waals surface area contributed by atoms with Gasteiger partial charge in [-0.25, -0.2) is 0 Å². The summed E-state index contributed by atoms with van der Waals surface area (Å²) in [7, 11) is 0. The van der Waals surface area contributed by atoms with Crippen molar-refractivity contribution < 1.29 is 15.9 Å². The first-order valence-corrected chi connectivity index (χ1v) is 6.39. The van der Waals surface area contributed by atoms with Gasteiger partial charge in [0.2, 0.25) is 0 Å². The van der Waals surface area contributed by atoms with Crippen LogP contribution in [0, 0.1) is 5.92 Å². The van der Waals surface area contributed by atoms with Gasteiger partial charge in [0.25, 0.3) is 0 Å². The molecule has 8 N–H and O–H groups in total. The minimum atomic E-state index is -0.0763. The summed E-state index contributed by atoms with van der Waals surface area (Å²) < 4.78 is 0. The number of aliphatic hydroxyl groups is 1. The van der Waals surface area contributed by atoms with E-state index in [4.69, 9.17) is 5.73 Å². The van der Waals surface area contributed by atoms with E-state index in [0.717, 1.165) is 17.0 Å². The number of nitrogens with zero attached hydrogens (tertiary/aromatic N) is 1. The molecule has 0 fully saturated rings. The number of nitrogens with one attached hydrogen (secondary N) is 1. The third kappa shape index (κ3) is 2.00. The largest absolute Gasteiger partial charge is 0.507 e. The first kappa shape index (κ1) is 12.6. The van der Waals surface area contributed by atoms with Crippen LogP contribution in [0.5, 0.6) is 5.75 Å². The van der Waals surface area contributed by atoms with E-state index in [1.54, 1.807) is 24.4 Å². The number of rotatable bonds is 2. The zero-order valence-corrected chi connectivity index (χ0v) is 10.9. The number of quaternary nitrogens is 1. The highest BCUT2D eigenvalue weighted by Gasteiger charge is 2.35. The number of phenolic OH excluding ortho intramolecular Hbond substituents is 1. The quantitative estimate of drug-likeness (QED) is 0.399. The molecule has 0 bridgehead atoms. The SMILES string of the molecule is Nc1cc(C2C=NC(C3CC(O)=C3[NH3+])=CN2)ccc1O. The Morgan fingerprint density at radius 2 is 2.15 bits per heavy atom. The number of aliphatic imine (C=N–C) groups is 1. The second kappa shape index (κ2) is 4.57. The molecule has 1 aromatic rings. The Labute approximate surface area is 116 Å². The maximum atomic E-state index is 9.42. The Kier molecular flexibility index (Phi) is 2.87. The first-order valence-electron chi connectivity index (χ1n) is 6.39. The van der Waals surface area contributed by atoms with Crippen LogP contribution in [-0.4, -0.2) is 16.4 Å². The van der Waals surface area contributed by atoms with E-state index in [2.05, 4.69) is 16.0 Å². The molecular formula is C14H17N4O2+. The van der Waals surface area contributed by atoms with Crippen molar-refractivity contribution >= 4 is 11.9 Å². The molecule has 6 heteroatoms. The van der Waals surface area contributed by atoms with E-state index >= 15 is 0 Å². The molecule has 0 saturated heterocycles. The Bertz CT molecular complexity index is 649. The topological polar surface area (TPSA) is 119 Å². The minimum absolute atomic E-state index is 0.0763. The number of aliphatic hydroxyl groups excluding tert-OH is 1. The van der Waals surface area contributed by atoms with Crippen molar-refractivity contribution in [3.8, 4) is 5.75 Å². The van der Waals surface area contributed by atoms with Gasteiger partial charge in [-0.1, -0.05) is 6.07 Å². The molecule has 20 heavy (non-hydrogen) atoms. The molecule has 2 unspecified atom stereocenters. The fourth-order valence-electron chi connectivity index (χ4n) is 2.36. The average Bonchev–Trinajstić information content (AvgIpc) is 2.47. The van der Waals surface area contributed by atoms with Gasteiger partial charge in [0.05, 0.1) is 23.3 Å². The lowest BCUT2D eigenvalue weighted by molar-refractivity contribution is -0.326. The van der Waals surface area contributed by atoms with Crippen LogP contribution in [0.2, 0.25) is 0 Å². The van der Waals surface area contributed by atoms with Crippen LogP contribution in [0.1, 0.15) is 18.0 Å². The Balaban J connectivity index is 1.74. The smallest absolute Gasteiger partial charge is 0.151 e. The maximum Gasteiger partial charge on any atom is 0.151 e. The Hall–Kier alpha value is -2.47. The molecular weight excluding hydrogens is 256 g/mol. The highest BCUT2D eigenvalue weighted by atomic mass is 16.3. The summed E-state index contributed by atoms with van der Waals surface area (Å²) in [6.07, 6.45) is 4.24. The number of aromatic hydroxyl groups is 1. The number of phenols is 1. The molecule has 6 nitrogen and oxygen atoms in total. The van der Waals surface area contributed by atoms with Crippen molar-refractivity contribution in [3.63, 3.8) is 0 Å². The maximum absolute atomic E-state index is 9.42. The molecule has 1 aliphatic carbocycles. The van der Waals surface area contributed by atoms with E-state index in [-0.39, 0.29) is 17.7 Å². The van der Waals surface area contributed by atoms with Crippen LogP contribution in [0.25, 0.3) is 0 Å². The van der Waals surface area contributed by atoms with Gasteiger partial charge in [0, 0.05) is 18.8 Å². The minimum Gasteiger partial charge on any atom is -0.507 e. The molecule has 1 aromatic carbocycles. The zero-order valence-electron chi connectivity index (χ0n) is 10.9. The lowest BCUT2D eigenvalue weighted by Gasteiger charge is -2.27. The van der Waals surface area contributed by atoms with E-state index < -0.39 is 0 Å². The fraction of sp³-hybridized carbons (Fsp3) is 0.214. The lowest BCUT2D eigenvalue weighted by Crippen LogP contribution is -2.56. The number of nitrogens with two attached hydrogens (primary N) is 1. The standard InChI is InChI=1S/C14H16N4O2/c15-9-3-7(1-2-12(9)19)10-5-18-11(6-17-10)8-4-13(20)14(8)16/h1-3,5-6,8,10,17,19-20H,4,15-16H2/p+1. The average molecular weight is 273 g/mol. The van der Waals surface area contributed by atoms with Crippen molar-refractivity contribution in [2.24, 2.45) is 10.9 Å². The number of anilines is 1. The molecule has 104 valence electrons. The van der Waals surface area contributed by atoms with Gasteiger partial charge < -0.3 is 27.0 Å². The Morgan fingerprint density at radius 3 is 2.70 bits per heavy atom. The highest BCUT2D eigenvalue weighted by molar-refractivity contribution is 5.71. The Morgan fingerprint density at radius 1 is 1.35 bits per heavy atom.